The summed E-state index contributed by atoms with van der Waals surface area (Å²) >= 11 is 0. The Morgan fingerprint density at radius 3 is 2.66 bits per heavy atom. The van der Waals surface area contributed by atoms with Crippen molar-refractivity contribution in [2.24, 2.45) is 0 Å². The molecule has 29 heavy (non-hydrogen) atoms. The molecule has 1 atom stereocenters. The fourth-order valence-corrected chi connectivity index (χ4v) is 3.54. The summed E-state index contributed by atoms with van der Waals surface area (Å²) in [7, 11) is -3.55. The number of nitrogens with zero attached hydrogens (tertiary/aromatic N) is 1. The van der Waals surface area contributed by atoms with Crippen LogP contribution in [0.3, 0.4) is 0 Å². The van der Waals surface area contributed by atoms with Crippen molar-refractivity contribution >= 4 is 27.0 Å². The average molecular weight is 417 g/mol. The van der Waals surface area contributed by atoms with Gasteiger partial charge in [0.15, 0.2) is 6.10 Å². The van der Waals surface area contributed by atoms with Gasteiger partial charge in [0, 0.05) is 23.6 Å². The second-order valence-electron chi connectivity index (χ2n) is 6.87. The van der Waals surface area contributed by atoms with Crippen LogP contribution in [-0.2, 0) is 27.9 Å². The van der Waals surface area contributed by atoms with E-state index >= 15 is 0 Å². The van der Waals surface area contributed by atoms with Gasteiger partial charge in [0.1, 0.15) is 11.5 Å². The zero-order valence-corrected chi connectivity index (χ0v) is 17.1. The maximum atomic E-state index is 11.3. The Kier molecular flexibility index (Phi) is 6.12. The molecule has 2 aromatic carbocycles. The molecule has 154 valence electrons. The monoisotopic (exact) mass is 417 g/mol. The van der Waals surface area contributed by atoms with E-state index in [1.165, 1.54) is 6.92 Å². The number of hydrogen-bond donors (Lipinski definition) is 1. The van der Waals surface area contributed by atoms with Crippen molar-refractivity contribution in [1.29, 1.82) is 0 Å². The number of rotatable bonds is 9. The summed E-state index contributed by atoms with van der Waals surface area (Å²) in [5.74, 6) is -0.160. The molecule has 0 radical (unpaired) electrons. The van der Waals surface area contributed by atoms with Gasteiger partial charge in [0.05, 0.1) is 6.26 Å². The van der Waals surface area contributed by atoms with Crippen molar-refractivity contribution in [2.45, 2.75) is 32.4 Å². The molecule has 1 heterocycles. The molecule has 0 saturated carbocycles. The van der Waals surface area contributed by atoms with Crippen LogP contribution in [0.1, 0.15) is 18.9 Å². The van der Waals surface area contributed by atoms with Gasteiger partial charge in [-0.15, -0.1) is 0 Å². The lowest BCUT2D eigenvalue weighted by atomic mass is 10.1. The van der Waals surface area contributed by atoms with Crippen LogP contribution in [0.15, 0.2) is 54.7 Å². The highest BCUT2D eigenvalue weighted by molar-refractivity contribution is 7.86. The topological polar surface area (TPSA) is 94.8 Å². The standard InChI is InChI=1S/C21H23NO6S/c1-15(21(23)24)27-18-7-3-5-16(13-18)6-4-11-22-12-10-17-14-19(8-9-20(17)22)28-29(2,25)26/h3,5,7-10,12-15H,4,6,11H2,1-2H3,(H,23,24). The van der Waals surface area contributed by atoms with Gasteiger partial charge in [-0.05, 0) is 61.7 Å². The quantitative estimate of drug-likeness (QED) is 0.536. The van der Waals surface area contributed by atoms with Crippen molar-refractivity contribution in [2.75, 3.05) is 6.26 Å². The third-order valence-corrected chi connectivity index (χ3v) is 4.91. The van der Waals surface area contributed by atoms with Crippen LogP contribution >= 0.6 is 0 Å². The Balaban J connectivity index is 1.62. The lowest BCUT2D eigenvalue weighted by Crippen LogP contribution is -2.22. The third kappa shape index (κ3) is 5.74. The van der Waals surface area contributed by atoms with Gasteiger partial charge in [0.25, 0.3) is 0 Å². The highest BCUT2D eigenvalue weighted by atomic mass is 32.2. The van der Waals surface area contributed by atoms with E-state index in [0.29, 0.717) is 11.5 Å². The van der Waals surface area contributed by atoms with Crippen LogP contribution in [0.5, 0.6) is 11.5 Å². The SMILES string of the molecule is CC(Oc1cccc(CCCn2ccc3cc(OS(C)(=O)=O)ccc32)c1)C(=O)O. The van der Waals surface area contributed by atoms with E-state index < -0.39 is 22.2 Å². The fourth-order valence-electron chi connectivity index (χ4n) is 3.08. The minimum Gasteiger partial charge on any atom is -0.479 e. The van der Waals surface area contributed by atoms with Crippen molar-refractivity contribution in [3.63, 3.8) is 0 Å². The Morgan fingerprint density at radius 2 is 1.93 bits per heavy atom. The predicted molar refractivity (Wildman–Crippen MR) is 110 cm³/mol. The number of aromatic nitrogens is 1. The predicted octanol–water partition coefficient (Wildman–Crippen LogP) is 3.46. The summed E-state index contributed by atoms with van der Waals surface area (Å²) in [6.07, 6.45) is 3.78. The number of aliphatic carboxylic acids is 1. The van der Waals surface area contributed by atoms with E-state index in [0.717, 1.165) is 42.1 Å². The minimum atomic E-state index is -3.55. The largest absolute Gasteiger partial charge is 0.479 e. The van der Waals surface area contributed by atoms with E-state index in [2.05, 4.69) is 4.57 Å². The minimum absolute atomic E-state index is 0.296. The molecule has 0 aliphatic heterocycles. The lowest BCUT2D eigenvalue weighted by Gasteiger charge is -2.11. The van der Waals surface area contributed by atoms with E-state index in [4.69, 9.17) is 14.0 Å². The Labute approximate surface area is 169 Å². The smallest absolute Gasteiger partial charge is 0.344 e. The number of ether oxygens (including phenoxy) is 1. The van der Waals surface area contributed by atoms with Crippen LogP contribution < -0.4 is 8.92 Å². The van der Waals surface area contributed by atoms with Gasteiger partial charge in [-0.1, -0.05) is 12.1 Å². The summed E-state index contributed by atoms with van der Waals surface area (Å²) in [5, 5.41) is 9.86. The molecular formula is C21H23NO6S. The molecule has 0 bridgehead atoms. The third-order valence-electron chi connectivity index (χ3n) is 4.41. The fraction of sp³-hybridized carbons (Fsp3) is 0.286. The summed E-state index contributed by atoms with van der Waals surface area (Å²) in [6.45, 7) is 2.28. The molecule has 1 N–H and O–H groups in total. The normalized spacial score (nSPS) is 12.6. The molecule has 1 aromatic heterocycles. The molecule has 3 aromatic rings. The van der Waals surface area contributed by atoms with Crippen molar-refractivity contribution in [3.8, 4) is 11.5 Å². The van der Waals surface area contributed by atoms with E-state index in [-0.39, 0.29) is 0 Å². The van der Waals surface area contributed by atoms with Crippen molar-refractivity contribution in [1.82, 2.24) is 4.57 Å². The second kappa shape index (κ2) is 8.57. The maximum Gasteiger partial charge on any atom is 0.344 e. The molecule has 8 heteroatoms. The van der Waals surface area contributed by atoms with Crippen LogP contribution in [0, 0.1) is 0 Å². The van der Waals surface area contributed by atoms with E-state index in [9.17, 15) is 13.2 Å². The highest BCUT2D eigenvalue weighted by Gasteiger charge is 2.12. The van der Waals surface area contributed by atoms with Crippen LogP contribution in [0.25, 0.3) is 10.9 Å². The number of benzene rings is 2. The molecule has 3 rings (SSSR count). The van der Waals surface area contributed by atoms with Gasteiger partial charge >= 0.3 is 16.1 Å². The average Bonchev–Trinajstić information content (AvgIpc) is 3.03. The Morgan fingerprint density at radius 1 is 1.14 bits per heavy atom. The summed E-state index contributed by atoms with van der Waals surface area (Å²) < 4.78 is 35.0. The molecule has 0 aliphatic rings. The van der Waals surface area contributed by atoms with Crippen LogP contribution in [-0.4, -0.2) is 36.4 Å². The van der Waals surface area contributed by atoms with Gasteiger partial charge < -0.3 is 18.6 Å². The zero-order valence-electron chi connectivity index (χ0n) is 16.2. The van der Waals surface area contributed by atoms with Crippen LogP contribution in [0.2, 0.25) is 0 Å². The van der Waals surface area contributed by atoms with Crippen molar-refractivity contribution < 1.29 is 27.2 Å². The Hall–Kier alpha value is -3.00. The molecule has 0 saturated heterocycles. The van der Waals surface area contributed by atoms with Gasteiger partial charge in [-0.3, -0.25) is 0 Å². The Bertz CT molecular complexity index is 1120. The molecule has 1 unspecified atom stereocenters. The summed E-state index contributed by atoms with van der Waals surface area (Å²) in [5.41, 5.74) is 2.07. The first-order valence-corrected chi connectivity index (χ1v) is 11.0. The first kappa shape index (κ1) is 20.7. The first-order valence-electron chi connectivity index (χ1n) is 9.18. The summed E-state index contributed by atoms with van der Waals surface area (Å²) in [4.78, 5) is 10.9. The molecule has 0 fully saturated rings. The number of carboxylic acid groups (broad SMARTS) is 1. The molecule has 0 amide bonds. The number of aryl methyl sites for hydroxylation is 2. The first-order chi connectivity index (χ1) is 13.7. The number of carboxylic acids is 1. The van der Waals surface area contributed by atoms with Gasteiger partial charge in [-0.2, -0.15) is 8.42 Å². The highest BCUT2D eigenvalue weighted by Crippen LogP contribution is 2.24. The second-order valence-corrected chi connectivity index (χ2v) is 8.44. The van der Waals surface area contributed by atoms with E-state index in [1.807, 2.05) is 36.5 Å². The maximum absolute atomic E-state index is 11.3. The number of hydrogen-bond acceptors (Lipinski definition) is 5. The number of fused-ring (bicyclic) bond motifs is 1. The molecule has 0 aliphatic carbocycles. The molecule has 7 nitrogen and oxygen atoms in total. The number of carbonyl (C=O) groups is 1. The summed E-state index contributed by atoms with van der Waals surface area (Å²) in [6, 6.07) is 14.6. The van der Waals surface area contributed by atoms with E-state index in [1.54, 1.807) is 18.2 Å². The molecular weight excluding hydrogens is 394 g/mol. The van der Waals surface area contributed by atoms with Crippen molar-refractivity contribution in [3.05, 3.63) is 60.3 Å². The molecule has 0 spiro atoms. The van der Waals surface area contributed by atoms with Crippen LogP contribution in [0.4, 0.5) is 0 Å². The zero-order chi connectivity index (χ0) is 21.0. The van der Waals surface area contributed by atoms with Gasteiger partial charge in [0.2, 0.25) is 0 Å². The van der Waals surface area contributed by atoms with Gasteiger partial charge in [-0.25, -0.2) is 4.79 Å². The lowest BCUT2D eigenvalue weighted by molar-refractivity contribution is -0.144.